The van der Waals surface area contributed by atoms with Crippen molar-refractivity contribution in [2.75, 3.05) is 6.61 Å². The third-order valence-corrected chi connectivity index (χ3v) is 1.38. The topological polar surface area (TPSA) is 18.5 Å². The molecule has 88 valence electrons. The lowest BCUT2D eigenvalue weighted by atomic mass is 10.2. The molecule has 0 aromatic rings. The number of hydrogen-bond acceptors (Lipinski definition) is 2. The van der Waals surface area contributed by atoms with Crippen molar-refractivity contribution < 1.29 is 9.78 Å². The van der Waals surface area contributed by atoms with Crippen LogP contribution in [0.4, 0.5) is 0 Å². The second-order valence-electron chi connectivity index (χ2n) is 4.31. The van der Waals surface area contributed by atoms with Gasteiger partial charge in [-0.15, -0.1) is 0 Å². The van der Waals surface area contributed by atoms with Crippen LogP contribution in [0.3, 0.4) is 0 Å². The van der Waals surface area contributed by atoms with Crippen LogP contribution >= 0.6 is 0 Å². The van der Waals surface area contributed by atoms with E-state index in [0.29, 0.717) is 6.61 Å². The fraction of sp³-hybridized carbons (Fsp3) is 1.00. The van der Waals surface area contributed by atoms with Gasteiger partial charge < -0.3 is 0 Å². The summed E-state index contributed by atoms with van der Waals surface area (Å²) >= 11 is 0. The van der Waals surface area contributed by atoms with Crippen molar-refractivity contribution in [2.45, 2.75) is 72.8 Å². The molecule has 0 N–H and O–H groups in total. The molecule has 0 spiro atoms. The van der Waals surface area contributed by atoms with E-state index >= 15 is 0 Å². The fourth-order valence-electron chi connectivity index (χ4n) is 0.736. The van der Waals surface area contributed by atoms with Crippen LogP contribution in [0, 0.1) is 0 Å². The molecule has 0 bridgehead atoms. The van der Waals surface area contributed by atoms with Gasteiger partial charge in [-0.2, -0.15) is 0 Å². The van der Waals surface area contributed by atoms with Gasteiger partial charge in [-0.1, -0.05) is 39.5 Å². The largest absolute Gasteiger partial charge is 0.236 e. The summed E-state index contributed by atoms with van der Waals surface area (Å²) in [4.78, 5) is 9.58. The van der Waals surface area contributed by atoms with Crippen LogP contribution < -0.4 is 0 Å². The fourth-order valence-corrected chi connectivity index (χ4v) is 0.736. The van der Waals surface area contributed by atoms with E-state index in [4.69, 9.17) is 9.78 Å². The lowest BCUT2D eigenvalue weighted by molar-refractivity contribution is -0.345. The van der Waals surface area contributed by atoms with Crippen LogP contribution in [0.5, 0.6) is 0 Å². The molecule has 0 aliphatic heterocycles. The van der Waals surface area contributed by atoms with Crippen molar-refractivity contribution in [1.29, 1.82) is 0 Å². The van der Waals surface area contributed by atoms with Gasteiger partial charge >= 0.3 is 0 Å². The summed E-state index contributed by atoms with van der Waals surface area (Å²) in [7, 11) is 0. The maximum atomic E-state index is 4.88. The Labute approximate surface area is 89.9 Å². The van der Waals surface area contributed by atoms with Crippen molar-refractivity contribution in [3.8, 4) is 0 Å². The average molecular weight is 204 g/mol. The smallest absolute Gasteiger partial charge is 0.0952 e. The van der Waals surface area contributed by atoms with Crippen LogP contribution in [-0.2, 0) is 9.78 Å². The van der Waals surface area contributed by atoms with Gasteiger partial charge in [-0.25, -0.2) is 9.78 Å². The maximum Gasteiger partial charge on any atom is 0.0952 e. The molecule has 0 aliphatic rings. The van der Waals surface area contributed by atoms with Crippen LogP contribution in [0.15, 0.2) is 0 Å². The number of hydrogen-bond donors (Lipinski definition) is 0. The van der Waals surface area contributed by atoms with E-state index in [2.05, 4.69) is 13.8 Å². The van der Waals surface area contributed by atoms with Crippen molar-refractivity contribution in [3.05, 3.63) is 0 Å². The van der Waals surface area contributed by atoms with Gasteiger partial charge in [0.25, 0.3) is 0 Å². The SMILES string of the molecule is CCCCCC.CCOOC(C)(C)C. The molecule has 0 atom stereocenters. The molecule has 14 heavy (non-hydrogen) atoms. The quantitative estimate of drug-likeness (QED) is 0.377. The van der Waals surface area contributed by atoms with E-state index in [1.54, 1.807) is 0 Å². The van der Waals surface area contributed by atoms with Crippen molar-refractivity contribution in [3.63, 3.8) is 0 Å². The molecule has 0 fully saturated rings. The Bertz CT molecular complexity index is 91.0. The zero-order valence-corrected chi connectivity index (χ0v) is 10.9. The van der Waals surface area contributed by atoms with Crippen LogP contribution in [0.1, 0.15) is 67.2 Å². The van der Waals surface area contributed by atoms with Gasteiger partial charge in [0.2, 0.25) is 0 Å². The highest BCUT2D eigenvalue weighted by Gasteiger charge is 2.09. The minimum atomic E-state index is -0.171. The second kappa shape index (κ2) is 11.0. The second-order valence-corrected chi connectivity index (χ2v) is 4.31. The van der Waals surface area contributed by atoms with Gasteiger partial charge in [0, 0.05) is 0 Å². The molecule has 0 saturated heterocycles. The summed E-state index contributed by atoms with van der Waals surface area (Å²) in [5.41, 5.74) is -0.171. The first-order valence-corrected chi connectivity index (χ1v) is 5.78. The van der Waals surface area contributed by atoms with E-state index in [0.717, 1.165) is 0 Å². The highest BCUT2D eigenvalue weighted by molar-refractivity contribution is 4.54. The third-order valence-electron chi connectivity index (χ3n) is 1.38. The normalized spacial score (nSPS) is 10.7. The molecule has 2 nitrogen and oxygen atoms in total. The van der Waals surface area contributed by atoms with Gasteiger partial charge in [0.1, 0.15) is 0 Å². The average Bonchev–Trinajstić information content (AvgIpc) is 2.11. The number of rotatable bonds is 5. The lowest BCUT2D eigenvalue weighted by Crippen LogP contribution is -2.19. The van der Waals surface area contributed by atoms with E-state index in [1.807, 2.05) is 27.7 Å². The highest BCUT2D eigenvalue weighted by Crippen LogP contribution is 2.05. The Morgan fingerprint density at radius 2 is 1.29 bits per heavy atom. The van der Waals surface area contributed by atoms with E-state index in [9.17, 15) is 0 Å². The maximum absolute atomic E-state index is 4.88. The first-order valence-electron chi connectivity index (χ1n) is 5.78. The molecule has 0 aromatic heterocycles. The number of unbranched alkanes of at least 4 members (excludes halogenated alkanes) is 3. The standard InChI is InChI=1S/C6H14O2.C6H14/c1-5-7-8-6(2,3)4;1-3-5-6-4-2/h5H2,1-4H3;3-6H2,1-2H3. The van der Waals surface area contributed by atoms with Gasteiger partial charge in [-0.05, 0) is 27.7 Å². The predicted molar refractivity (Wildman–Crippen MR) is 62.3 cm³/mol. The highest BCUT2D eigenvalue weighted by atomic mass is 17.2. The summed E-state index contributed by atoms with van der Waals surface area (Å²) in [5, 5.41) is 0. The molecule has 0 amide bonds. The zero-order chi connectivity index (χ0) is 11.4. The Kier molecular flexibility index (Phi) is 12.8. The molecule has 0 heterocycles. The van der Waals surface area contributed by atoms with E-state index < -0.39 is 0 Å². The monoisotopic (exact) mass is 204 g/mol. The van der Waals surface area contributed by atoms with Crippen molar-refractivity contribution in [1.82, 2.24) is 0 Å². The molecule has 0 radical (unpaired) electrons. The molecule has 0 aromatic carbocycles. The molecule has 0 unspecified atom stereocenters. The Morgan fingerprint density at radius 3 is 1.43 bits per heavy atom. The molecular formula is C12H28O2. The summed E-state index contributed by atoms with van der Waals surface area (Å²) < 4.78 is 0. The van der Waals surface area contributed by atoms with Gasteiger partial charge in [-0.3, -0.25) is 0 Å². The summed E-state index contributed by atoms with van der Waals surface area (Å²) in [6, 6.07) is 0. The Hall–Kier alpha value is -0.0800. The third kappa shape index (κ3) is 22.7. The first-order chi connectivity index (χ1) is 6.47. The molecular weight excluding hydrogens is 176 g/mol. The van der Waals surface area contributed by atoms with Crippen molar-refractivity contribution in [2.24, 2.45) is 0 Å². The van der Waals surface area contributed by atoms with Gasteiger partial charge in [0.15, 0.2) is 0 Å². The minimum Gasteiger partial charge on any atom is -0.236 e. The van der Waals surface area contributed by atoms with E-state index in [-0.39, 0.29) is 5.60 Å². The van der Waals surface area contributed by atoms with Gasteiger partial charge in [0.05, 0.1) is 12.2 Å². The minimum absolute atomic E-state index is 0.171. The Morgan fingerprint density at radius 1 is 0.857 bits per heavy atom. The van der Waals surface area contributed by atoms with Crippen LogP contribution in [-0.4, -0.2) is 12.2 Å². The summed E-state index contributed by atoms with van der Waals surface area (Å²) in [6.45, 7) is 12.8. The molecule has 0 aliphatic carbocycles. The Balaban J connectivity index is 0. The molecule has 0 rings (SSSR count). The van der Waals surface area contributed by atoms with Crippen molar-refractivity contribution >= 4 is 0 Å². The lowest BCUT2D eigenvalue weighted by Gasteiger charge is -2.16. The van der Waals surface area contributed by atoms with E-state index in [1.165, 1.54) is 25.7 Å². The summed E-state index contributed by atoms with van der Waals surface area (Å²) in [6.07, 6.45) is 5.54. The van der Waals surface area contributed by atoms with Crippen LogP contribution in [0.2, 0.25) is 0 Å². The predicted octanol–water partition coefficient (Wildman–Crippen LogP) is 4.34. The summed E-state index contributed by atoms with van der Waals surface area (Å²) in [5.74, 6) is 0. The first kappa shape index (κ1) is 16.4. The molecule has 2 heteroatoms. The zero-order valence-electron chi connectivity index (χ0n) is 10.9. The van der Waals surface area contributed by atoms with Crippen LogP contribution in [0.25, 0.3) is 0 Å². The molecule has 0 saturated carbocycles.